The van der Waals surface area contributed by atoms with Gasteiger partial charge in [0.05, 0.1) is 17.9 Å². The third-order valence-electron chi connectivity index (χ3n) is 4.49. The molecule has 1 aliphatic heterocycles. The minimum Gasteiger partial charge on any atom is -0.466 e. The van der Waals surface area contributed by atoms with Gasteiger partial charge in [0.25, 0.3) is 0 Å². The van der Waals surface area contributed by atoms with Crippen molar-refractivity contribution < 1.29 is 14.3 Å². The maximum Gasteiger partial charge on any atom is 0.310 e. The molecule has 5 heteroatoms. The average Bonchev–Trinajstić information content (AvgIpc) is 2.90. The van der Waals surface area contributed by atoms with E-state index in [4.69, 9.17) is 4.74 Å². The Morgan fingerprint density at radius 2 is 2.32 bits per heavy atom. The highest BCUT2D eigenvalue weighted by Gasteiger charge is 2.68. The van der Waals surface area contributed by atoms with Crippen molar-refractivity contribution in [2.24, 2.45) is 5.92 Å². The lowest BCUT2D eigenvalue weighted by Gasteiger charge is -2.09. The maximum absolute atomic E-state index is 12.4. The van der Waals surface area contributed by atoms with Gasteiger partial charge in [-0.2, -0.15) is 0 Å². The van der Waals surface area contributed by atoms with Gasteiger partial charge in [-0.15, -0.1) is 11.3 Å². The van der Waals surface area contributed by atoms with Gasteiger partial charge in [0, 0.05) is 10.6 Å². The van der Waals surface area contributed by atoms with E-state index in [2.05, 4.69) is 11.4 Å². The van der Waals surface area contributed by atoms with E-state index in [0.717, 1.165) is 21.7 Å². The summed E-state index contributed by atoms with van der Waals surface area (Å²) < 4.78 is 5.10. The molecule has 4 nitrogen and oxygen atoms in total. The van der Waals surface area contributed by atoms with Crippen LogP contribution in [-0.4, -0.2) is 18.5 Å². The van der Waals surface area contributed by atoms with Crippen LogP contribution >= 0.6 is 11.3 Å². The molecule has 1 N–H and O–H groups in total. The Balaban J connectivity index is 1.75. The van der Waals surface area contributed by atoms with Gasteiger partial charge in [0.15, 0.2) is 0 Å². The molecule has 0 saturated heterocycles. The molecular weight excluding hydrogens is 298 g/mol. The van der Waals surface area contributed by atoms with Crippen molar-refractivity contribution in [3.05, 3.63) is 41.3 Å². The van der Waals surface area contributed by atoms with Gasteiger partial charge >= 0.3 is 5.97 Å². The number of rotatable bonds is 3. The van der Waals surface area contributed by atoms with E-state index < -0.39 is 5.41 Å². The molecule has 1 fully saturated rings. The van der Waals surface area contributed by atoms with Gasteiger partial charge in [-0.25, -0.2) is 0 Å². The molecule has 22 heavy (non-hydrogen) atoms. The first-order valence-corrected chi connectivity index (χ1v) is 8.21. The van der Waals surface area contributed by atoms with E-state index in [-0.39, 0.29) is 17.8 Å². The number of benzene rings is 1. The molecular formula is C17H15NO3S. The molecule has 2 aromatic rings. The van der Waals surface area contributed by atoms with E-state index in [9.17, 15) is 9.59 Å². The van der Waals surface area contributed by atoms with Crippen molar-refractivity contribution in [3.63, 3.8) is 0 Å². The molecule has 2 unspecified atom stereocenters. The molecule has 0 radical (unpaired) electrons. The van der Waals surface area contributed by atoms with Crippen LogP contribution in [0.4, 0.5) is 5.69 Å². The molecule has 112 valence electrons. The van der Waals surface area contributed by atoms with E-state index in [0.29, 0.717) is 13.0 Å². The lowest BCUT2D eigenvalue weighted by molar-refractivity contribution is -0.146. The van der Waals surface area contributed by atoms with E-state index in [1.54, 1.807) is 18.3 Å². The molecule has 1 spiro atoms. The molecule has 2 atom stereocenters. The summed E-state index contributed by atoms with van der Waals surface area (Å²) in [4.78, 5) is 25.6. The first kappa shape index (κ1) is 13.5. The van der Waals surface area contributed by atoms with Crippen LogP contribution in [-0.2, 0) is 19.7 Å². The third kappa shape index (κ3) is 1.75. The number of hydrogen-bond donors (Lipinski definition) is 1. The summed E-state index contributed by atoms with van der Waals surface area (Å²) in [5.41, 5.74) is 2.12. The van der Waals surface area contributed by atoms with Crippen LogP contribution in [0.3, 0.4) is 0 Å². The van der Waals surface area contributed by atoms with E-state index in [1.165, 1.54) is 0 Å². The van der Waals surface area contributed by atoms with Crippen LogP contribution in [0.1, 0.15) is 18.9 Å². The number of thiophene rings is 1. The fraction of sp³-hybridized carbons (Fsp3) is 0.294. The van der Waals surface area contributed by atoms with Crippen molar-refractivity contribution in [3.8, 4) is 10.4 Å². The molecule has 1 aliphatic carbocycles. The molecule has 2 aliphatic rings. The summed E-state index contributed by atoms with van der Waals surface area (Å²) in [6.07, 6.45) is 0.540. The Kier molecular flexibility index (Phi) is 2.87. The van der Waals surface area contributed by atoms with Gasteiger partial charge in [-0.1, -0.05) is 12.1 Å². The fourth-order valence-electron chi connectivity index (χ4n) is 3.31. The van der Waals surface area contributed by atoms with Crippen molar-refractivity contribution >= 4 is 28.9 Å². The smallest absolute Gasteiger partial charge is 0.310 e. The minimum absolute atomic E-state index is 0.0797. The van der Waals surface area contributed by atoms with Gasteiger partial charge < -0.3 is 10.1 Å². The number of ether oxygens (including phenoxy) is 1. The summed E-state index contributed by atoms with van der Waals surface area (Å²) in [6.45, 7) is 2.12. The van der Waals surface area contributed by atoms with E-state index >= 15 is 0 Å². The lowest BCUT2D eigenvalue weighted by atomic mass is 9.93. The van der Waals surface area contributed by atoms with Gasteiger partial charge in [0.2, 0.25) is 5.91 Å². The number of anilines is 1. The SMILES string of the molecule is CCOC(=O)C1CC12C(=O)Nc1ccc(-c3cccs3)cc12. The van der Waals surface area contributed by atoms with Crippen LogP contribution in [0.2, 0.25) is 0 Å². The molecule has 1 aromatic carbocycles. The van der Waals surface area contributed by atoms with Gasteiger partial charge in [-0.05, 0) is 48.1 Å². The normalized spacial score (nSPS) is 25.0. The summed E-state index contributed by atoms with van der Waals surface area (Å²) in [7, 11) is 0. The average molecular weight is 313 g/mol. The Morgan fingerprint density at radius 1 is 1.45 bits per heavy atom. The maximum atomic E-state index is 12.4. The number of nitrogens with one attached hydrogen (secondary N) is 1. The molecule has 1 saturated carbocycles. The number of hydrogen-bond acceptors (Lipinski definition) is 4. The van der Waals surface area contributed by atoms with E-state index in [1.807, 2.05) is 29.6 Å². The number of carbonyl (C=O) groups is 2. The highest BCUT2D eigenvalue weighted by atomic mass is 32.1. The second kappa shape index (κ2) is 4.68. The monoisotopic (exact) mass is 313 g/mol. The standard InChI is InChI=1S/C17H15NO3S/c1-2-21-15(19)12-9-17(12)11-8-10(14-4-3-7-22-14)5-6-13(11)18-16(17)20/h3-8,12H,2,9H2,1H3,(H,18,20). The minimum atomic E-state index is -0.713. The highest BCUT2D eigenvalue weighted by molar-refractivity contribution is 7.13. The highest BCUT2D eigenvalue weighted by Crippen LogP contribution is 2.60. The lowest BCUT2D eigenvalue weighted by Crippen LogP contribution is -2.25. The first-order valence-electron chi connectivity index (χ1n) is 7.33. The van der Waals surface area contributed by atoms with Crippen molar-refractivity contribution in [2.75, 3.05) is 11.9 Å². The van der Waals surface area contributed by atoms with Crippen LogP contribution < -0.4 is 5.32 Å². The summed E-state index contributed by atoms with van der Waals surface area (Å²) in [5, 5.41) is 4.93. The van der Waals surface area contributed by atoms with Crippen molar-refractivity contribution in [1.29, 1.82) is 0 Å². The quantitative estimate of drug-likeness (QED) is 0.885. The predicted octanol–water partition coefficient (Wildman–Crippen LogP) is 3.19. The predicted molar refractivity (Wildman–Crippen MR) is 84.8 cm³/mol. The Hall–Kier alpha value is -2.14. The number of esters is 1. The topological polar surface area (TPSA) is 55.4 Å². The second-order valence-corrected chi connectivity index (χ2v) is 6.62. The zero-order valence-electron chi connectivity index (χ0n) is 12.1. The van der Waals surface area contributed by atoms with Crippen LogP contribution in [0.15, 0.2) is 35.7 Å². The Labute approximate surface area is 132 Å². The van der Waals surface area contributed by atoms with Crippen LogP contribution in [0.25, 0.3) is 10.4 Å². The Bertz CT molecular complexity index is 768. The molecule has 2 heterocycles. The summed E-state index contributed by atoms with van der Waals surface area (Å²) in [5.74, 6) is -0.705. The number of amides is 1. The molecule has 1 amide bonds. The molecule has 0 bridgehead atoms. The molecule has 4 rings (SSSR count). The Morgan fingerprint density at radius 3 is 3.05 bits per heavy atom. The van der Waals surface area contributed by atoms with Crippen LogP contribution in [0, 0.1) is 5.92 Å². The summed E-state index contributed by atoms with van der Waals surface area (Å²) in [6, 6.07) is 10.0. The van der Waals surface area contributed by atoms with Crippen molar-refractivity contribution in [2.45, 2.75) is 18.8 Å². The van der Waals surface area contributed by atoms with Crippen molar-refractivity contribution in [1.82, 2.24) is 0 Å². The largest absolute Gasteiger partial charge is 0.466 e. The third-order valence-corrected chi connectivity index (χ3v) is 5.41. The molecule has 1 aromatic heterocycles. The summed E-state index contributed by atoms with van der Waals surface area (Å²) >= 11 is 1.66. The second-order valence-electron chi connectivity index (χ2n) is 5.67. The number of fused-ring (bicyclic) bond motifs is 2. The fourth-order valence-corrected chi connectivity index (χ4v) is 4.04. The zero-order valence-corrected chi connectivity index (χ0v) is 12.9. The number of carbonyl (C=O) groups excluding carboxylic acids is 2. The van der Waals surface area contributed by atoms with Gasteiger partial charge in [0.1, 0.15) is 0 Å². The van der Waals surface area contributed by atoms with Gasteiger partial charge in [-0.3, -0.25) is 9.59 Å². The zero-order chi connectivity index (χ0) is 15.3. The first-order chi connectivity index (χ1) is 10.7. The van der Waals surface area contributed by atoms with Crippen LogP contribution in [0.5, 0.6) is 0 Å².